The van der Waals surface area contributed by atoms with Gasteiger partial charge in [-0.05, 0) is 17.7 Å². The maximum atomic E-state index is 10.4. The van der Waals surface area contributed by atoms with Crippen LogP contribution in [0, 0.1) is 0 Å². The first-order chi connectivity index (χ1) is 5.24. The Morgan fingerprint density at radius 3 is 2.25 bits per heavy atom. The van der Waals surface area contributed by atoms with Gasteiger partial charge in [-0.15, -0.1) is 0 Å². The zero-order valence-electron chi connectivity index (χ0n) is 7.95. The summed E-state index contributed by atoms with van der Waals surface area (Å²) in [7, 11) is 0. The van der Waals surface area contributed by atoms with Crippen molar-refractivity contribution in [3.05, 3.63) is 42.0 Å². The van der Waals surface area contributed by atoms with E-state index in [0.29, 0.717) is 5.56 Å². The largest absolute Gasteiger partial charge is 1.00 e. The molecule has 1 N–H and O–H groups in total. The van der Waals surface area contributed by atoms with E-state index in [2.05, 4.69) is 6.58 Å². The molecule has 0 aliphatic heterocycles. The first-order valence-corrected chi connectivity index (χ1v) is 3.20. The Labute approximate surface area is 115 Å². The fourth-order valence-electron chi connectivity index (χ4n) is 0.762. The number of carboxylic acid groups (broad SMARTS) is 1. The Bertz CT molecular complexity index is 282. The van der Waals surface area contributed by atoms with Gasteiger partial charge in [-0.3, -0.25) is 0 Å². The fourth-order valence-corrected chi connectivity index (χ4v) is 0.762. The Kier molecular flexibility index (Phi) is 5.70. The average Bonchev–Trinajstić information content (AvgIpc) is 2.05. The fraction of sp³-hybridized carbons (Fsp3) is 0. The molecule has 1 rings (SSSR count). The van der Waals surface area contributed by atoms with Crippen molar-refractivity contribution in [1.29, 1.82) is 0 Å². The van der Waals surface area contributed by atoms with Crippen molar-refractivity contribution in [2.24, 2.45) is 0 Å². The third-order valence-corrected chi connectivity index (χ3v) is 1.39. The Morgan fingerprint density at radius 1 is 1.42 bits per heavy atom. The molecule has 0 bridgehead atoms. The van der Waals surface area contributed by atoms with Crippen molar-refractivity contribution < 1.29 is 62.7 Å². The Hall–Kier alpha value is 0.0664. The van der Waals surface area contributed by atoms with Crippen LogP contribution in [-0.4, -0.2) is 11.1 Å². The molecule has 0 aliphatic carbocycles. The molecule has 0 atom stereocenters. The first-order valence-electron chi connectivity index (χ1n) is 3.20. The van der Waals surface area contributed by atoms with Crippen molar-refractivity contribution >= 4 is 12.0 Å². The van der Waals surface area contributed by atoms with E-state index in [1.54, 1.807) is 30.3 Å². The topological polar surface area (TPSA) is 37.3 Å². The van der Waals surface area contributed by atoms with Gasteiger partial charge in [0.15, 0.2) is 0 Å². The minimum Gasteiger partial charge on any atom is -1.00 e. The molecule has 0 amide bonds. The normalized spacial score (nSPS) is 8.33. The minimum atomic E-state index is -0.902. The first kappa shape index (κ1) is 12.1. The summed E-state index contributed by atoms with van der Waals surface area (Å²) in [6.07, 6.45) is 1.67. The molecule has 0 radical (unpaired) electrons. The van der Waals surface area contributed by atoms with Crippen molar-refractivity contribution in [2.45, 2.75) is 0 Å². The SMILES string of the molecule is C=Cc1ccc(C(=O)O)cc1.[H-].[K+]. The summed E-state index contributed by atoms with van der Waals surface area (Å²) in [6, 6.07) is 6.55. The number of benzene rings is 1. The molecule has 0 fully saturated rings. The molecule has 0 aliphatic rings. The summed E-state index contributed by atoms with van der Waals surface area (Å²) < 4.78 is 0. The monoisotopic (exact) mass is 188 g/mol. The van der Waals surface area contributed by atoms with Gasteiger partial charge >= 0.3 is 57.4 Å². The van der Waals surface area contributed by atoms with E-state index in [1.807, 2.05) is 0 Å². The third kappa shape index (κ3) is 3.21. The van der Waals surface area contributed by atoms with Crippen molar-refractivity contribution in [2.75, 3.05) is 0 Å². The molecule has 12 heavy (non-hydrogen) atoms. The van der Waals surface area contributed by atoms with Crippen LogP contribution in [0.2, 0.25) is 0 Å². The van der Waals surface area contributed by atoms with E-state index in [-0.39, 0.29) is 52.8 Å². The third-order valence-electron chi connectivity index (χ3n) is 1.39. The van der Waals surface area contributed by atoms with Gasteiger partial charge in [-0.1, -0.05) is 24.8 Å². The molecule has 2 nitrogen and oxygen atoms in total. The molecular weight excluding hydrogens is 179 g/mol. The molecule has 0 saturated heterocycles. The summed E-state index contributed by atoms with van der Waals surface area (Å²) in [5.41, 5.74) is 1.23. The van der Waals surface area contributed by atoms with Gasteiger partial charge in [0.05, 0.1) is 5.56 Å². The standard InChI is InChI=1S/C9H8O2.K.H/c1-2-7-3-5-8(6-4-7)9(10)11;;/h2-6H,1H2,(H,10,11);;/q;+1;-1. The second-order valence-corrected chi connectivity index (χ2v) is 2.13. The zero-order valence-corrected chi connectivity index (χ0v) is 10.1. The number of aromatic carboxylic acids is 1. The van der Waals surface area contributed by atoms with Gasteiger partial charge in [0, 0.05) is 0 Å². The summed E-state index contributed by atoms with van der Waals surface area (Å²) in [6.45, 7) is 3.56. The van der Waals surface area contributed by atoms with E-state index in [4.69, 9.17) is 5.11 Å². The molecule has 0 heterocycles. The van der Waals surface area contributed by atoms with Crippen LogP contribution < -0.4 is 51.4 Å². The van der Waals surface area contributed by atoms with Crippen molar-refractivity contribution in [3.8, 4) is 0 Å². The Balaban J connectivity index is 0. The maximum Gasteiger partial charge on any atom is 1.00 e. The summed E-state index contributed by atoms with van der Waals surface area (Å²) in [5.74, 6) is -0.902. The van der Waals surface area contributed by atoms with Gasteiger partial charge in [-0.2, -0.15) is 0 Å². The summed E-state index contributed by atoms with van der Waals surface area (Å²) in [4.78, 5) is 10.4. The van der Waals surface area contributed by atoms with E-state index < -0.39 is 5.97 Å². The van der Waals surface area contributed by atoms with E-state index >= 15 is 0 Å². The summed E-state index contributed by atoms with van der Waals surface area (Å²) >= 11 is 0. The predicted octanol–water partition coefficient (Wildman–Crippen LogP) is -0.856. The van der Waals surface area contributed by atoms with Gasteiger partial charge in [-0.25, -0.2) is 4.79 Å². The molecule has 1 aromatic rings. The van der Waals surface area contributed by atoms with Crippen LogP contribution in [0.25, 0.3) is 6.08 Å². The van der Waals surface area contributed by atoms with Crippen LogP contribution in [0.5, 0.6) is 0 Å². The number of hydrogen-bond donors (Lipinski definition) is 1. The molecule has 0 saturated carbocycles. The molecule has 3 heteroatoms. The van der Waals surface area contributed by atoms with Crippen LogP contribution >= 0.6 is 0 Å². The van der Waals surface area contributed by atoms with Crippen LogP contribution in [0.4, 0.5) is 0 Å². The molecule has 0 unspecified atom stereocenters. The summed E-state index contributed by atoms with van der Waals surface area (Å²) in [5, 5.41) is 8.52. The smallest absolute Gasteiger partial charge is 1.00 e. The van der Waals surface area contributed by atoms with Crippen LogP contribution in [-0.2, 0) is 0 Å². The van der Waals surface area contributed by atoms with Crippen molar-refractivity contribution in [1.82, 2.24) is 0 Å². The molecule has 58 valence electrons. The molecule has 0 aromatic heterocycles. The predicted molar refractivity (Wildman–Crippen MR) is 44.6 cm³/mol. The van der Waals surface area contributed by atoms with Gasteiger partial charge in [0.25, 0.3) is 0 Å². The van der Waals surface area contributed by atoms with Gasteiger partial charge < -0.3 is 6.53 Å². The molecule has 0 spiro atoms. The van der Waals surface area contributed by atoms with E-state index in [1.165, 1.54) is 0 Å². The Morgan fingerprint density at radius 2 is 1.92 bits per heavy atom. The van der Waals surface area contributed by atoms with Crippen molar-refractivity contribution in [3.63, 3.8) is 0 Å². The van der Waals surface area contributed by atoms with Crippen LogP contribution in [0.1, 0.15) is 17.3 Å². The van der Waals surface area contributed by atoms with Gasteiger partial charge in [0.2, 0.25) is 0 Å². The average molecular weight is 188 g/mol. The molecule has 1 aromatic carbocycles. The number of rotatable bonds is 2. The van der Waals surface area contributed by atoms with Gasteiger partial charge in [0.1, 0.15) is 0 Å². The van der Waals surface area contributed by atoms with Crippen LogP contribution in [0.15, 0.2) is 30.8 Å². The number of carboxylic acids is 1. The number of hydrogen-bond acceptors (Lipinski definition) is 1. The second kappa shape index (κ2) is 5.67. The van der Waals surface area contributed by atoms with Crippen LogP contribution in [0.3, 0.4) is 0 Å². The zero-order chi connectivity index (χ0) is 8.27. The van der Waals surface area contributed by atoms with E-state index in [0.717, 1.165) is 5.56 Å². The quantitative estimate of drug-likeness (QED) is 0.614. The number of carbonyl (C=O) groups is 1. The molecular formula is C9H9KO2. The van der Waals surface area contributed by atoms with E-state index in [9.17, 15) is 4.79 Å². The minimum absolute atomic E-state index is 0. The maximum absolute atomic E-state index is 10.4. The second-order valence-electron chi connectivity index (χ2n) is 2.13.